The number of Topliss-reactive ketones (excluding diaryl/α,β-unsaturated/α-hetero) is 2. The molecule has 1 saturated carbocycles. The number of ether oxygens (including phenoxy) is 3. The van der Waals surface area contributed by atoms with Crippen LogP contribution in [0.5, 0.6) is 5.75 Å². The molecule has 5 aliphatic heterocycles. The van der Waals surface area contributed by atoms with Gasteiger partial charge in [0.05, 0.1) is 44.2 Å². The van der Waals surface area contributed by atoms with E-state index in [4.69, 9.17) is 19.3 Å². The standard InChI is InChI=1S/C80H106N8O24S2/c1-8-51-45(4)32-53-52(51)23-28-87-42-47(39-76(108,9-2)44-87)40-79(53,74(106)111-7)55-36-54-59(38-61(55)110-6)86(5)71-78(54)25-29-88-27-15-24-77(10-3,70(78)88)72(104)80(71,109)73(105)82-41-65(96)112-30-31-113-114-43-58(69(102)103)84-66(97)49(33-46-16-12-11-13-17-46)35-60(90)57(37-64(94)95)83-62(91)22-19-48(67(98)99)34-50(89)20-21-56(68(100)101)85-75(107)81-26-14-18-63(92)93/h8,11-13,15-17,24,36,38,47-49,56-58,70-72,104,108-109H,4,9-10,14,18-23,25-35,37,39-44H2,1-3,5-7H3,(H,82,105)(H,83,91)(H,84,97)(H,92,93)(H,94,95)(H,98,99)(H,100,101)(H,102,103)(H2,81,85,107)/b51-8+/t47-,48-,49-,56+,57+,58+,70+,71-,72-,76+,77-,78?,79-,80+/m1/s1. The number of anilines is 1. The van der Waals surface area contributed by atoms with Crippen molar-refractivity contribution in [2.75, 3.05) is 90.1 Å². The van der Waals surface area contributed by atoms with Crippen molar-refractivity contribution in [2.45, 2.75) is 188 Å². The Morgan fingerprint density at radius 2 is 1.50 bits per heavy atom. The van der Waals surface area contributed by atoms with Gasteiger partial charge in [-0.05, 0) is 130 Å². The van der Waals surface area contributed by atoms with Crippen LogP contribution in [0.1, 0.15) is 140 Å². The van der Waals surface area contributed by atoms with E-state index in [1.165, 1.54) is 14.2 Å². The number of carbonyl (C=O) groups is 13. The van der Waals surface area contributed by atoms with Crippen molar-refractivity contribution in [1.82, 2.24) is 36.4 Å². The van der Waals surface area contributed by atoms with Crippen LogP contribution >= 0.6 is 21.6 Å². The molecule has 32 nitrogen and oxygen atoms in total. The molecular weight excluding hydrogens is 1520 g/mol. The van der Waals surface area contributed by atoms with Crippen LogP contribution in [0.15, 0.2) is 89.6 Å². The molecule has 2 aromatic carbocycles. The number of hydrogen-bond donors (Lipinski definition) is 13. The minimum atomic E-state index is -2.63. The quantitative estimate of drug-likeness (QED) is 0.0194. The van der Waals surface area contributed by atoms with Gasteiger partial charge in [-0.15, -0.1) is 0 Å². The Morgan fingerprint density at radius 1 is 0.772 bits per heavy atom. The maximum Gasteiger partial charge on any atom is 0.327 e. The molecule has 622 valence electrons. The zero-order valence-corrected chi connectivity index (χ0v) is 66.7. The van der Waals surface area contributed by atoms with Gasteiger partial charge in [-0.3, -0.25) is 57.7 Å². The molecule has 9 rings (SSSR count). The second kappa shape index (κ2) is 38.1. The van der Waals surface area contributed by atoms with Gasteiger partial charge in [0.25, 0.3) is 5.91 Å². The molecule has 1 spiro atoms. The molecule has 2 aromatic rings. The van der Waals surface area contributed by atoms with Gasteiger partial charge in [-0.2, -0.15) is 0 Å². The number of nitrogens with one attached hydrogen (secondary N) is 5. The van der Waals surface area contributed by atoms with E-state index in [-0.39, 0.29) is 62.7 Å². The van der Waals surface area contributed by atoms with E-state index in [1.54, 1.807) is 37.4 Å². The lowest BCUT2D eigenvalue weighted by molar-refractivity contribution is -0.203. The molecule has 34 heteroatoms. The van der Waals surface area contributed by atoms with Gasteiger partial charge in [0.1, 0.15) is 48.3 Å². The molecule has 2 unspecified atom stereocenters. The van der Waals surface area contributed by atoms with E-state index >= 15 is 9.59 Å². The first-order valence-corrected chi connectivity index (χ1v) is 41.0. The number of fused-ring (bicyclic) bond motifs is 3. The zero-order valence-electron chi connectivity index (χ0n) is 65.0. The number of aliphatic hydroxyl groups excluding tert-OH is 1. The normalized spacial score (nSPS) is 26.9. The number of piperidine rings is 1. The monoisotopic (exact) mass is 1630 g/mol. The van der Waals surface area contributed by atoms with E-state index in [0.717, 1.165) is 49.4 Å². The largest absolute Gasteiger partial charge is 0.496 e. The van der Waals surface area contributed by atoms with Gasteiger partial charge in [-0.1, -0.05) is 90.6 Å². The molecule has 13 N–H and O–H groups in total. The Hall–Kier alpha value is -9.19. The number of esters is 2. The number of benzene rings is 2. The summed E-state index contributed by atoms with van der Waals surface area (Å²) in [6, 6.07) is 4.55. The van der Waals surface area contributed by atoms with Crippen molar-refractivity contribution < 1.29 is 117 Å². The number of methoxy groups -OCH3 is 2. The fourth-order valence-electron chi connectivity index (χ4n) is 18.8. The summed E-state index contributed by atoms with van der Waals surface area (Å²) < 4.78 is 17.9. The zero-order chi connectivity index (χ0) is 83.4. The predicted octanol–water partition coefficient (Wildman–Crippen LogP) is 3.99. The van der Waals surface area contributed by atoms with Crippen LogP contribution in [0.4, 0.5) is 10.5 Å². The molecule has 3 fully saturated rings. The van der Waals surface area contributed by atoms with Gasteiger partial charge in [0.2, 0.25) is 11.8 Å². The minimum Gasteiger partial charge on any atom is -0.496 e. The molecular formula is C80H106N8O24S2. The maximum atomic E-state index is 15.6. The molecule has 114 heavy (non-hydrogen) atoms. The summed E-state index contributed by atoms with van der Waals surface area (Å²) in [5, 5.41) is 99.2. The highest BCUT2D eigenvalue weighted by molar-refractivity contribution is 8.76. The highest BCUT2D eigenvalue weighted by Gasteiger charge is 2.79. The lowest BCUT2D eigenvalue weighted by Crippen LogP contribution is -2.81. The topological polar surface area (TPSA) is 481 Å². The fraction of sp³-hybridized carbons (Fsp3) is 0.588. The van der Waals surface area contributed by atoms with Gasteiger partial charge in [-0.25, -0.2) is 14.4 Å². The second-order valence-electron chi connectivity index (χ2n) is 30.9. The third-order valence-corrected chi connectivity index (χ3v) is 26.3. The summed E-state index contributed by atoms with van der Waals surface area (Å²) in [6.07, 6.45) is 2.09. The smallest absolute Gasteiger partial charge is 0.327 e. The van der Waals surface area contributed by atoms with E-state index < -0.39 is 204 Å². The van der Waals surface area contributed by atoms with E-state index in [2.05, 4.69) is 43.0 Å². The van der Waals surface area contributed by atoms with Crippen molar-refractivity contribution in [3.05, 3.63) is 106 Å². The van der Waals surface area contributed by atoms with Crippen LogP contribution in [0.25, 0.3) is 0 Å². The molecule has 5 amide bonds. The van der Waals surface area contributed by atoms with Crippen LogP contribution in [0, 0.1) is 23.2 Å². The fourth-order valence-corrected chi connectivity index (χ4v) is 20.7. The van der Waals surface area contributed by atoms with Crippen LogP contribution in [0.2, 0.25) is 0 Å². The molecule has 2 aliphatic carbocycles. The number of amides is 5. The van der Waals surface area contributed by atoms with Crippen LogP contribution in [0.3, 0.4) is 0 Å². The van der Waals surface area contributed by atoms with Gasteiger partial charge in [0, 0.05) is 123 Å². The molecule has 2 saturated heterocycles. The van der Waals surface area contributed by atoms with Crippen LogP contribution in [-0.2, 0) is 84.3 Å². The average molecular weight is 1630 g/mol. The molecule has 15 atom stereocenters. The molecule has 5 heterocycles. The Balaban J connectivity index is 0.834. The predicted molar refractivity (Wildman–Crippen MR) is 417 cm³/mol. The number of carbonyl (C=O) groups excluding carboxylic acids is 8. The van der Waals surface area contributed by atoms with E-state index in [0.29, 0.717) is 87.4 Å². The number of aliphatic carboxylic acids is 5. The Labute approximate surface area is 668 Å². The first-order valence-electron chi connectivity index (χ1n) is 38.5. The third kappa shape index (κ3) is 19.0. The maximum absolute atomic E-state index is 15.6. The average Bonchev–Trinajstić information content (AvgIpc) is 1.46. The van der Waals surface area contributed by atoms with Crippen LogP contribution in [-0.4, -0.2) is 260 Å². The summed E-state index contributed by atoms with van der Waals surface area (Å²) in [4.78, 5) is 177. The van der Waals surface area contributed by atoms with Gasteiger partial charge >= 0.3 is 47.8 Å². The summed E-state index contributed by atoms with van der Waals surface area (Å²) in [6.45, 7) is 12.0. The number of carboxylic acid groups (broad SMARTS) is 5. The van der Waals surface area contributed by atoms with Gasteiger partial charge < -0.3 is 86.5 Å². The number of likely N-dealkylation sites (N-methyl/N-ethyl adjacent to an activating group) is 1. The van der Waals surface area contributed by atoms with Crippen molar-refractivity contribution >= 4 is 104 Å². The molecule has 0 aromatic heterocycles. The highest BCUT2D eigenvalue weighted by Crippen LogP contribution is 2.68. The van der Waals surface area contributed by atoms with Crippen molar-refractivity contribution in [1.29, 1.82) is 0 Å². The molecule has 0 radical (unpaired) electrons. The summed E-state index contributed by atoms with van der Waals surface area (Å²) in [5.41, 5.74) is -1.49. The van der Waals surface area contributed by atoms with Crippen molar-refractivity contribution in [3.8, 4) is 5.75 Å². The number of carboxylic acids is 5. The van der Waals surface area contributed by atoms with E-state index in [9.17, 15) is 88.5 Å². The number of allylic oxidation sites excluding steroid dienone is 3. The number of hydrogen-bond acceptors (Lipinski definition) is 24. The van der Waals surface area contributed by atoms with Crippen molar-refractivity contribution in [3.63, 3.8) is 0 Å². The minimum absolute atomic E-state index is 0.0550. The lowest BCUT2D eigenvalue weighted by Gasteiger charge is -2.63. The van der Waals surface area contributed by atoms with Crippen molar-refractivity contribution in [2.24, 2.45) is 23.2 Å². The van der Waals surface area contributed by atoms with Gasteiger partial charge in [0.15, 0.2) is 11.4 Å². The Morgan fingerprint density at radius 3 is 2.15 bits per heavy atom. The number of rotatable bonds is 40. The Bertz CT molecular complexity index is 4140. The second-order valence-corrected chi connectivity index (χ2v) is 33.5. The number of aliphatic hydroxyl groups is 3. The molecule has 7 aliphatic rings. The summed E-state index contributed by atoms with van der Waals surface area (Å²) in [5.74, 6) is -16.1. The highest BCUT2D eigenvalue weighted by atomic mass is 33.1. The number of urea groups is 1. The van der Waals surface area contributed by atoms with Crippen LogP contribution < -0.4 is 36.2 Å². The Kier molecular flexibility index (Phi) is 29.6. The summed E-state index contributed by atoms with van der Waals surface area (Å²) >= 11 is 0. The summed E-state index contributed by atoms with van der Waals surface area (Å²) in [7, 11) is 6.71. The van der Waals surface area contributed by atoms with E-state index in [1.807, 2.05) is 56.0 Å². The third-order valence-electron chi connectivity index (χ3n) is 23.9. The number of ketones is 2. The lowest BCUT2D eigenvalue weighted by atomic mass is 9.47. The number of nitrogens with zero attached hydrogens (tertiary/aromatic N) is 3. The first-order chi connectivity index (χ1) is 54.1. The molecule has 2 bridgehead atoms. The first kappa shape index (κ1) is 88.8. The SMILES string of the molecule is C=C1CC2=C(CCN3C[C@H](C[C@@](O)(CC)C3)C[C@]2(C(=O)OC)c2cc3c(cc2OC)N(C)[C@@H]2C34CCN3CC=C[C@](CC)([C@H]34)[C@@H](O)[C@]2(O)C(=O)NCC(=O)OCCSSC[C@H](NC(=O)[C@@H](CC(=O)[C@H](CC(=O)O)NC(=O)CC[C@H](CC(=O)CC[C@H](NC(=O)NCCCC(=O)O)C(=O)O)C(=O)O)Cc2ccccc2)C(=O)O)/C1=C/C.